The summed E-state index contributed by atoms with van der Waals surface area (Å²) >= 11 is 0. The van der Waals surface area contributed by atoms with Gasteiger partial charge in [-0.1, -0.05) is 24.3 Å². The first-order chi connectivity index (χ1) is 14.2. The average molecular weight is 436 g/mol. The summed E-state index contributed by atoms with van der Waals surface area (Å²) in [7, 11) is 0.371. The Morgan fingerprint density at radius 2 is 1.77 bits per heavy atom. The Morgan fingerprint density at radius 3 is 2.30 bits per heavy atom. The van der Waals surface area contributed by atoms with Gasteiger partial charge in [-0.2, -0.15) is 0 Å². The minimum Gasteiger partial charge on any atom is -0.380 e. The Bertz CT molecular complexity index is 882. The lowest BCUT2D eigenvalue weighted by molar-refractivity contribution is -0.118. The van der Waals surface area contributed by atoms with Crippen LogP contribution in [0.5, 0.6) is 0 Å². The number of methoxy groups -OCH3 is 1. The fraction of sp³-hybridized carbons (Fsp3) is 0.364. The Balaban J connectivity index is 2.26. The molecule has 0 aromatic heterocycles. The number of carbonyl (C=O) groups is 2. The van der Waals surface area contributed by atoms with Gasteiger partial charge in [-0.05, 0) is 55.0 Å². The van der Waals surface area contributed by atoms with Crippen molar-refractivity contribution >= 4 is 27.7 Å². The minimum atomic E-state index is -1.23. The zero-order chi connectivity index (χ0) is 22.3. The molecule has 0 heterocycles. The first kappa shape index (κ1) is 23.7. The average Bonchev–Trinajstić information content (AvgIpc) is 2.66. The molecule has 3 amide bonds. The third kappa shape index (κ3) is 6.47. The lowest BCUT2D eigenvalue weighted by Gasteiger charge is -2.26. The third-order valence-electron chi connectivity index (χ3n) is 4.36. The number of benzene rings is 2. The van der Waals surface area contributed by atoms with Crippen LogP contribution in [-0.4, -0.2) is 44.4 Å². The quantitative estimate of drug-likeness (QED) is 0.586. The molecular weight excluding hydrogens is 405 g/mol. The van der Waals surface area contributed by atoms with Crippen LogP contribution in [0.15, 0.2) is 47.4 Å². The summed E-state index contributed by atoms with van der Waals surface area (Å²) in [5.74, 6) is -0.816. The van der Waals surface area contributed by atoms with E-state index in [1.807, 2.05) is 30.9 Å². The van der Waals surface area contributed by atoms with Crippen LogP contribution in [0.3, 0.4) is 0 Å². The van der Waals surface area contributed by atoms with Gasteiger partial charge in [0.1, 0.15) is 11.9 Å². The molecule has 164 valence electrons. The number of rotatable bonds is 8. The molecule has 3 N–H and O–H groups in total. The summed E-state index contributed by atoms with van der Waals surface area (Å²) in [4.78, 5) is 25.7. The molecule has 0 aliphatic rings. The maximum absolute atomic E-state index is 14.5. The van der Waals surface area contributed by atoms with Crippen LogP contribution in [-0.2, 0) is 16.1 Å². The van der Waals surface area contributed by atoms with Crippen LogP contribution in [0.2, 0.25) is 0 Å². The molecule has 0 fully saturated rings. The van der Waals surface area contributed by atoms with E-state index in [1.165, 1.54) is 6.07 Å². The molecule has 0 unspecified atom stereocenters. The first-order valence-corrected chi connectivity index (χ1v) is 12.4. The number of anilines is 1. The summed E-state index contributed by atoms with van der Waals surface area (Å²) in [6.07, 6.45) is 6.01. The number of hydrogen-bond acceptors (Lipinski definition) is 3. The summed E-state index contributed by atoms with van der Waals surface area (Å²) in [6.45, 7) is 2.66. The normalized spacial score (nSPS) is 12.7. The molecule has 0 radical (unpaired) electrons. The number of halogens is 1. The monoisotopic (exact) mass is 435 g/mol. The van der Waals surface area contributed by atoms with Crippen molar-refractivity contribution < 1.29 is 18.7 Å². The van der Waals surface area contributed by atoms with Gasteiger partial charge in [-0.15, -0.1) is 0 Å². The second kappa shape index (κ2) is 10.4. The lowest BCUT2D eigenvalue weighted by atomic mass is 10.0. The maximum Gasteiger partial charge on any atom is 0.315 e. The molecule has 0 saturated heterocycles. The number of nitrogens with one attached hydrogen (secondary N) is 3. The molecule has 2 rings (SSSR count). The lowest BCUT2D eigenvalue weighted by Crippen LogP contribution is -2.42. The zero-order valence-electron chi connectivity index (χ0n) is 18.0. The van der Waals surface area contributed by atoms with Gasteiger partial charge in [0.05, 0.1) is 6.61 Å². The molecule has 0 aliphatic heterocycles. The highest BCUT2D eigenvalue weighted by atomic mass is 32.3. The van der Waals surface area contributed by atoms with E-state index in [4.69, 9.17) is 4.74 Å². The Labute approximate surface area is 178 Å². The van der Waals surface area contributed by atoms with Gasteiger partial charge in [0, 0.05) is 24.2 Å². The molecule has 8 heteroatoms. The van der Waals surface area contributed by atoms with Gasteiger partial charge in [0.2, 0.25) is 0 Å². The standard InChI is InChI=1S/C22H30FN3O3S/c1-6-24-22(28)26-20(16-9-7-15(8-10-16)14-29-2)21(27)25-17-11-12-19(18(23)13-17)30(3,4)5/h7-13,20H,6,14H2,1-5H3,(H,25,27)(H2,24,26,28)/t20-/m1/s1. The molecule has 0 bridgehead atoms. The number of amides is 3. The molecule has 6 nitrogen and oxygen atoms in total. The Morgan fingerprint density at radius 1 is 1.10 bits per heavy atom. The van der Waals surface area contributed by atoms with Gasteiger partial charge >= 0.3 is 6.03 Å². The highest BCUT2D eigenvalue weighted by Gasteiger charge is 2.23. The van der Waals surface area contributed by atoms with Gasteiger partial charge in [-0.3, -0.25) is 4.79 Å². The first-order valence-electron chi connectivity index (χ1n) is 9.56. The van der Waals surface area contributed by atoms with E-state index in [2.05, 4.69) is 16.0 Å². The predicted octanol–water partition coefficient (Wildman–Crippen LogP) is 4.02. The highest BCUT2D eigenvalue weighted by Crippen LogP contribution is 2.46. The Hall–Kier alpha value is -2.58. The topological polar surface area (TPSA) is 79.5 Å². The van der Waals surface area contributed by atoms with E-state index < -0.39 is 28.0 Å². The van der Waals surface area contributed by atoms with Crippen LogP contribution in [0.4, 0.5) is 14.9 Å². The van der Waals surface area contributed by atoms with Crippen LogP contribution in [0, 0.1) is 5.82 Å². The van der Waals surface area contributed by atoms with E-state index >= 15 is 0 Å². The third-order valence-corrected chi connectivity index (χ3v) is 6.01. The maximum atomic E-state index is 14.5. The number of hydrogen-bond donors (Lipinski definition) is 3. The fourth-order valence-corrected chi connectivity index (χ4v) is 4.03. The summed E-state index contributed by atoms with van der Waals surface area (Å²) < 4.78 is 19.6. The molecular formula is C22H30FN3O3S. The van der Waals surface area contributed by atoms with E-state index in [0.29, 0.717) is 29.3 Å². The number of urea groups is 1. The molecule has 2 aromatic rings. The molecule has 0 spiro atoms. The fourth-order valence-electron chi connectivity index (χ4n) is 2.91. The van der Waals surface area contributed by atoms with Crippen LogP contribution >= 0.6 is 10.0 Å². The van der Waals surface area contributed by atoms with Crippen molar-refractivity contribution in [1.29, 1.82) is 0 Å². The molecule has 1 atom stereocenters. The number of ether oxygens (including phenoxy) is 1. The van der Waals surface area contributed by atoms with Crippen molar-refractivity contribution in [2.75, 3.05) is 37.7 Å². The van der Waals surface area contributed by atoms with Crippen molar-refractivity contribution in [1.82, 2.24) is 10.6 Å². The summed E-state index contributed by atoms with van der Waals surface area (Å²) in [5, 5.41) is 8.01. The largest absolute Gasteiger partial charge is 0.380 e. The second-order valence-corrected chi connectivity index (χ2v) is 11.7. The van der Waals surface area contributed by atoms with Crippen LogP contribution < -0.4 is 16.0 Å². The van der Waals surface area contributed by atoms with Crippen molar-refractivity contribution in [2.24, 2.45) is 0 Å². The predicted molar refractivity (Wildman–Crippen MR) is 121 cm³/mol. The Kier molecular flexibility index (Phi) is 8.25. The van der Waals surface area contributed by atoms with Crippen molar-refractivity contribution in [3.63, 3.8) is 0 Å². The van der Waals surface area contributed by atoms with Crippen molar-refractivity contribution in [3.8, 4) is 0 Å². The van der Waals surface area contributed by atoms with Gasteiger partial charge in [0.25, 0.3) is 5.91 Å². The van der Waals surface area contributed by atoms with Crippen LogP contribution in [0.1, 0.15) is 24.1 Å². The molecule has 30 heavy (non-hydrogen) atoms. The van der Waals surface area contributed by atoms with E-state index in [0.717, 1.165) is 5.56 Å². The minimum absolute atomic E-state index is 0.337. The van der Waals surface area contributed by atoms with Crippen molar-refractivity contribution in [3.05, 3.63) is 59.4 Å². The summed E-state index contributed by atoms with van der Waals surface area (Å²) in [6, 6.07) is 10.5. The highest BCUT2D eigenvalue weighted by molar-refractivity contribution is 8.32. The SMILES string of the molecule is CCNC(=O)N[C@@H](C(=O)Nc1ccc(S(C)(C)C)c(F)c1)c1ccc(COC)cc1. The second-order valence-electron chi connectivity index (χ2n) is 7.58. The molecule has 0 aliphatic carbocycles. The van der Waals surface area contributed by atoms with E-state index in [9.17, 15) is 14.0 Å². The number of carbonyl (C=O) groups excluding carboxylic acids is 2. The van der Waals surface area contributed by atoms with Gasteiger partial charge in [0.15, 0.2) is 0 Å². The molecule has 2 aromatic carbocycles. The molecule has 0 saturated carbocycles. The van der Waals surface area contributed by atoms with Gasteiger partial charge in [-0.25, -0.2) is 19.2 Å². The smallest absolute Gasteiger partial charge is 0.315 e. The van der Waals surface area contributed by atoms with E-state index in [-0.39, 0.29) is 5.82 Å². The zero-order valence-corrected chi connectivity index (χ0v) is 18.9. The van der Waals surface area contributed by atoms with Crippen molar-refractivity contribution in [2.45, 2.75) is 24.5 Å². The van der Waals surface area contributed by atoms with E-state index in [1.54, 1.807) is 38.3 Å². The summed E-state index contributed by atoms with van der Waals surface area (Å²) in [5.41, 5.74) is 1.89. The van der Waals surface area contributed by atoms with Crippen LogP contribution in [0.25, 0.3) is 0 Å². The van der Waals surface area contributed by atoms with Gasteiger partial charge < -0.3 is 20.7 Å².